The lowest BCUT2D eigenvalue weighted by atomic mass is 10.1. The highest BCUT2D eigenvalue weighted by atomic mass is 31.2. The second-order valence-electron chi connectivity index (χ2n) is 23.4. The molecule has 0 aromatic rings. The van der Waals surface area contributed by atoms with Gasteiger partial charge in [0.1, 0.15) is 0 Å². The Morgan fingerprint density at radius 2 is 0.392 bits per heavy atom. The van der Waals surface area contributed by atoms with Gasteiger partial charge in [-0.1, -0.05) is 362 Å². The van der Waals surface area contributed by atoms with Gasteiger partial charge in [-0.25, -0.2) is 4.57 Å². The zero-order valence-corrected chi connectivity index (χ0v) is 56.4. The topological polar surface area (TPSA) is 149 Å². The number of unbranched alkanes of at least 4 members (excludes halogenated alkanes) is 51. The fourth-order valence-electron chi connectivity index (χ4n) is 10.2. The van der Waals surface area contributed by atoms with Crippen molar-refractivity contribution in [2.75, 3.05) is 32.6 Å². The highest BCUT2D eigenvalue weighted by Crippen LogP contribution is 2.49. The van der Waals surface area contributed by atoms with Gasteiger partial charge >= 0.3 is 23.7 Å². The van der Waals surface area contributed by atoms with Crippen LogP contribution in [0.1, 0.15) is 394 Å². The van der Waals surface area contributed by atoms with Crippen molar-refractivity contribution in [2.24, 2.45) is 0 Å². The minimum atomic E-state index is -3.86. The maximum absolute atomic E-state index is 13.6. The third-order valence-electron chi connectivity index (χ3n) is 15.4. The van der Waals surface area contributed by atoms with E-state index in [9.17, 15) is 14.0 Å². The van der Waals surface area contributed by atoms with Crippen molar-refractivity contribution in [3.8, 4) is 0 Å². The predicted octanol–water partition coefficient (Wildman–Crippen LogP) is 24.9. The number of hydrogen-bond donors (Lipinski definition) is 3. The van der Waals surface area contributed by atoms with Crippen LogP contribution in [0.5, 0.6) is 0 Å². The van der Waals surface area contributed by atoms with Crippen LogP contribution in [0, 0.1) is 0 Å². The van der Waals surface area contributed by atoms with Crippen LogP contribution in [0.25, 0.3) is 0 Å². The minimum Gasteiger partial charge on any atom is -0.309 e. The average Bonchev–Trinajstić information content (AvgIpc) is 3.42. The molecule has 0 aromatic carbocycles. The summed E-state index contributed by atoms with van der Waals surface area (Å²) in [6.07, 6.45) is 73.1. The van der Waals surface area contributed by atoms with Gasteiger partial charge in [-0.2, -0.15) is 0 Å². The largest absolute Gasteiger partial charge is 0.692 e. The average molecular weight is 1190 g/mol. The summed E-state index contributed by atoms with van der Waals surface area (Å²) in [5, 5.41) is 0. The van der Waals surface area contributed by atoms with Crippen molar-refractivity contribution in [2.45, 2.75) is 394 Å². The van der Waals surface area contributed by atoms with Crippen molar-refractivity contribution in [1.29, 1.82) is 0 Å². The first-order valence-electron chi connectivity index (χ1n) is 34.9. The lowest BCUT2D eigenvalue weighted by molar-refractivity contribution is 0.145. The molecule has 79 heavy (non-hydrogen) atoms. The minimum absolute atomic E-state index is 0.323. The molecule has 0 heterocycles. The normalized spacial score (nSPS) is 11.7. The van der Waals surface area contributed by atoms with E-state index in [0.29, 0.717) is 32.6 Å². The molecule has 0 aliphatic rings. The fraction of sp³-hybridized carbons (Fsp3) is 1.00. The molecule has 0 saturated carbocycles. The van der Waals surface area contributed by atoms with E-state index in [1.165, 1.54) is 308 Å². The van der Waals surface area contributed by atoms with Gasteiger partial charge in [0.15, 0.2) is 0 Å². The van der Waals surface area contributed by atoms with Gasteiger partial charge in [0.2, 0.25) is 0 Å². The SMILES string of the molecule is CCCCCCCCCCCCCCOP(=O)(O)OCCCCCCCCCCCCCC.CCCCCCCCCCCCCCP(=O)(OCCCCCCCCCCCC)OCCCCCCCCCCCC.O=[P+](O)O. The van der Waals surface area contributed by atoms with Crippen LogP contribution in [0.3, 0.4) is 0 Å². The Morgan fingerprint density at radius 3 is 0.570 bits per heavy atom. The van der Waals surface area contributed by atoms with Crippen LogP contribution in [0.2, 0.25) is 0 Å². The summed E-state index contributed by atoms with van der Waals surface area (Å²) in [6.45, 7) is 13.2. The first kappa shape index (κ1) is 83.5. The van der Waals surface area contributed by atoms with Crippen LogP contribution < -0.4 is 0 Å². The Kier molecular flexibility index (Phi) is 76.7. The van der Waals surface area contributed by atoms with E-state index in [-0.39, 0.29) is 0 Å². The summed E-state index contributed by atoms with van der Waals surface area (Å²) in [5.41, 5.74) is 0. The molecule has 0 aliphatic carbocycles. The van der Waals surface area contributed by atoms with Crippen LogP contribution in [0.4, 0.5) is 0 Å². The van der Waals surface area contributed by atoms with Gasteiger partial charge in [0, 0.05) is 4.57 Å². The predicted molar refractivity (Wildman–Crippen MR) is 345 cm³/mol. The lowest BCUT2D eigenvalue weighted by Gasteiger charge is -2.19. The Hall–Kier alpha value is 0.280. The monoisotopic (exact) mass is 1190 g/mol. The molecule has 13 heteroatoms. The molecule has 0 bridgehead atoms. The summed E-state index contributed by atoms with van der Waals surface area (Å²) < 4.78 is 56.5. The molecule has 0 aromatic heterocycles. The molecule has 3 N–H and O–H groups in total. The van der Waals surface area contributed by atoms with Gasteiger partial charge in [0.25, 0.3) is 0 Å². The van der Waals surface area contributed by atoms with E-state index in [4.69, 9.17) is 32.4 Å². The number of phosphoric acid groups is 1. The zero-order valence-electron chi connectivity index (χ0n) is 53.7. The standard InChI is InChI=1S/C38H79O3P.C28H59O4P.HO3P/c1-4-7-10-13-16-19-22-23-26-29-32-35-38-42(39,40-36-33-30-27-24-20-17-14-11-8-5-2)41-37-34-31-28-25-21-18-15-12-9-6-3;1-3-5-7-9-11-13-15-17-19-21-23-25-27-31-33(29,30)32-28-26-24-22-20-18-16-14-12-10-8-6-4-2;1-4(2)3/h4-38H2,1-3H3;3-28H2,1-2H3,(H,29,30);(H-,1,2,3)/p+1. The quantitative estimate of drug-likeness (QED) is 0.0397. The number of rotatable bonds is 65. The van der Waals surface area contributed by atoms with E-state index >= 15 is 0 Å². The molecule has 0 saturated heterocycles. The van der Waals surface area contributed by atoms with Gasteiger partial charge < -0.3 is 13.9 Å². The Morgan fingerprint density at radius 1 is 0.253 bits per heavy atom. The molecule has 0 radical (unpaired) electrons. The van der Waals surface area contributed by atoms with Crippen LogP contribution in [0.15, 0.2) is 0 Å². The second kappa shape index (κ2) is 72.5. The molecular weight excluding hydrogens is 1050 g/mol. The Bertz CT molecular complexity index is 1160. The molecule has 0 fully saturated rings. The third kappa shape index (κ3) is 80.4. The fourth-order valence-corrected chi connectivity index (χ4v) is 12.7. The number of hydrogen-bond acceptors (Lipinski definition) is 7. The van der Waals surface area contributed by atoms with Gasteiger partial charge in [0.05, 0.1) is 32.6 Å². The Balaban J connectivity index is -0.00000140. The van der Waals surface area contributed by atoms with E-state index in [1.54, 1.807) is 0 Å². The van der Waals surface area contributed by atoms with Crippen molar-refractivity contribution >= 4 is 23.7 Å². The van der Waals surface area contributed by atoms with Gasteiger partial charge in [-0.15, -0.1) is 9.79 Å². The van der Waals surface area contributed by atoms with Crippen LogP contribution >= 0.6 is 23.7 Å². The van der Waals surface area contributed by atoms with E-state index in [1.807, 2.05) is 0 Å². The zero-order chi connectivity index (χ0) is 58.5. The smallest absolute Gasteiger partial charge is 0.309 e. The first-order chi connectivity index (χ1) is 38.5. The highest BCUT2D eigenvalue weighted by Gasteiger charge is 2.24. The summed E-state index contributed by atoms with van der Waals surface area (Å²) in [5.74, 6) is 0. The van der Waals surface area contributed by atoms with Crippen molar-refractivity contribution in [1.82, 2.24) is 0 Å². The van der Waals surface area contributed by atoms with Crippen molar-refractivity contribution in [3.63, 3.8) is 0 Å². The molecule has 10 nitrogen and oxygen atoms in total. The summed E-state index contributed by atoms with van der Waals surface area (Å²) >= 11 is 0. The van der Waals surface area contributed by atoms with E-state index < -0.39 is 23.7 Å². The van der Waals surface area contributed by atoms with Gasteiger partial charge in [-0.3, -0.25) is 13.6 Å². The Labute approximate surface area is 494 Å². The third-order valence-corrected chi connectivity index (χ3v) is 18.4. The van der Waals surface area contributed by atoms with E-state index in [0.717, 1.165) is 51.4 Å². The van der Waals surface area contributed by atoms with Crippen molar-refractivity contribution < 1.29 is 46.5 Å². The molecule has 0 spiro atoms. The maximum atomic E-state index is 13.6. The summed E-state index contributed by atoms with van der Waals surface area (Å²) in [6, 6.07) is 0. The van der Waals surface area contributed by atoms with Crippen molar-refractivity contribution in [3.05, 3.63) is 0 Å². The van der Waals surface area contributed by atoms with Gasteiger partial charge in [-0.05, 0) is 32.1 Å². The number of phosphoric ester groups is 1. The molecule has 0 unspecified atom stereocenters. The molecule has 0 rings (SSSR count). The second-order valence-corrected chi connectivity index (χ2v) is 27.6. The molecular formula is C66H140O10P3+. The molecule has 0 atom stereocenters. The van der Waals surface area contributed by atoms with E-state index in [2.05, 4.69) is 34.6 Å². The molecule has 478 valence electrons. The summed E-state index contributed by atoms with van der Waals surface area (Å²) in [4.78, 5) is 24.0. The summed E-state index contributed by atoms with van der Waals surface area (Å²) in [7, 11) is -9.68. The molecule has 0 amide bonds. The lowest BCUT2D eigenvalue weighted by Crippen LogP contribution is -2.04. The molecule has 0 aliphatic heterocycles. The maximum Gasteiger partial charge on any atom is 0.692 e. The van der Waals surface area contributed by atoms with Crippen LogP contribution in [-0.2, 0) is 31.8 Å². The first-order valence-corrected chi connectivity index (χ1v) is 39.3. The highest BCUT2D eigenvalue weighted by molar-refractivity contribution is 7.53. The van der Waals surface area contributed by atoms with Crippen LogP contribution in [-0.4, -0.2) is 47.3 Å².